The van der Waals surface area contributed by atoms with E-state index < -0.39 is 10.0 Å². The molecule has 1 saturated heterocycles. The Balaban J connectivity index is 1.53. The van der Waals surface area contributed by atoms with Crippen LogP contribution in [0, 0.1) is 0 Å². The maximum atomic E-state index is 12.7. The molecule has 144 valence electrons. The number of hydrogen-bond acceptors (Lipinski definition) is 4. The van der Waals surface area contributed by atoms with Crippen molar-refractivity contribution in [2.75, 3.05) is 32.7 Å². The summed E-state index contributed by atoms with van der Waals surface area (Å²) in [5.74, 6) is 0.0256. The van der Waals surface area contributed by atoms with E-state index in [0.717, 1.165) is 12.8 Å². The molecule has 0 unspecified atom stereocenters. The Morgan fingerprint density at radius 2 is 1.73 bits per heavy atom. The van der Waals surface area contributed by atoms with Gasteiger partial charge in [-0.1, -0.05) is 36.0 Å². The summed E-state index contributed by atoms with van der Waals surface area (Å²) in [5.41, 5.74) is 0. The van der Waals surface area contributed by atoms with Crippen molar-refractivity contribution >= 4 is 39.1 Å². The van der Waals surface area contributed by atoms with Crippen molar-refractivity contribution in [3.63, 3.8) is 0 Å². The smallest absolute Gasteiger partial charge is 0.243 e. The first-order valence-electron chi connectivity index (χ1n) is 8.83. The topological polar surface area (TPSA) is 69.7 Å². The Labute approximate surface area is 164 Å². The lowest BCUT2D eigenvalue weighted by Crippen LogP contribution is -2.51. The number of amides is 1. The number of hydrogen-bond donors (Lipinski definition) is 1. The molecule has 2 fully saturated rings. The average Bonchev–Trinajstić information content (AvgIpc) is 3.10. The predicted octanol–water partition coefficient (Wildman–Crippen LogP) is 2.36. The van der Waals surface area contributed by atoms with Crippen molar-refractivity contribution in [2.24, 2.45) is 0 Å². The summed E-state index contributed by atoms with van der Waals surface area (Å²) in [5, 5.41) is 3.61. The SMILES string of the molecule is O=C(CN1CCN(S(=O)(=O)c2ccc(Cl)c(Cl)c2)CC1)NC1CCCC1. The zero-order valence-electron chi connectivity index (χ0n) is 14.5. The van der Waals surface area contributed by atoms with Crippen LogP contribution in [0.5, 0.6) is 0 Å². The van der Waals surface area contributed by atoms with E-state index in [1.54, 1.807) is 0 Å². The molecule has 1 N–H and O–H groups in total. The van der Waals surface area contributed by atoms with Crippen molar-refractivity contribution in [1.29, 1.82) is 0 Å². The van der Waals surface area contributed by atoms with E-state index in [1.165, 1.54) is 35.3 Å². The quantitative estimate of drug-likeness (QED) is 0.794. The Kier molecular flexibility index (Phi) is 6.45. The molecule has 3 rings (SSSR count). The van der Waals surface area contributed by atoms with Gasteiger partial charge in [0.15, 0.2) is 0 Å². The summed E-state index contributed by atoms with van der Waals surface area (Å²) in [6, 6.07) is 4.63. The first kappa shape index (κ1) is 19.9. The zero-order chi connectivity index (χ0) is 18.7. The van der Waals surface area contributed by atoms with E-state index in [9.17, 15) is 13.2 Å². The molecule has 1 aromatic carbocycles. The maximum Gasteiger partial charge on any atom is 0.243 e. The van der Waals surface area contributed by atoms with E-state index in [1.807, 2.05) is 4.90 Å². The number of rotatable bonds is 5. The lowest BCUT2D eigenvalue weighted by Gasteiger charge is -2.33. The van der Waals surface area contributed by atoms with Gasteiger partial charge >= 0.3 is 0 Å². The summed E-state index contributed by atoms with van der Waals surface area (Å²) < 4.78 is 26.9. The van der Waals surface area contributed by atoms with Gasteiger partial charge in [0.2, 0.25) is 15.9 Å². The minimum atomic E-state index is -3.61. The molecular weight excluding hydrogens is 397 g/mol. The molecule has 1 aliphatic carbocycles. The fourth-order valence-corrected chi connectivity index (χ4v) is 5.27. The van der Waals surface area contributed by atoms with Gasteiger partial charge in [0.25, 0.3) is 0 Å². The van der Waals surface area contributed by atoms with Gasteiger partial charge in [0.05, 0.1) is 21.5 Å². The van der Waals surface area contributed by atoms with Gasteiger partial charge in [-0.3, -0.25) is 9.69 Å². The number of carbonyl (C=O) groups is 1. The average molecular weight is 420 g/mol. The molecule has 0 aromatic heterocycles. The second kappa shape index (κ2) is 8.44. The van der Waals surface area contributed by atoms with Gasteiger partial charge in [-0.2, -0.15) is 4.31 Å². The van der Waals surface area contributed by atoms with Crippen LogP contribution < -0.4 is 5.32 Å². The third-order valence-corrected chi connectivity index (χ3v) is 7.58. The molecule has 1 heterocycles. The van der Waals surface area contributed by atoms with Crippen LogP contribution in [0.2, 0.25) is 10.0 Å². The largest absolute Gasteiger partial charge is 0.352 e. The molecule has 2 aliphatic rings. The van der Waals surface area contributed by atoms with Gasteiger partial charge in [0, 0.05) is 32.2 Å². The number of nitrogens with one attached hydrogen (secondary N) is 1. The molecule has 1 aliphatic heterocycles. The molecule has 1 saturated carbocycles. The Morgan fingerprint density at radius 1 is 1.08 bits per heavy atom. The van der Waals surface area contributed by atoms with Gasteiger partial charge in [0.1, 0.15) is 0 Å². The van der Waals surface area contributed by atoms with E-state index >= 15 is 0 Å². The van der Waals surface area contributed by atoms with Crippen molar-refractivity contribution in [3.8, 4) is 0 Å². The van der Waals surface area contributed by atoms with E-state index in [0.29, 0.717) is 43.8 Å². The number of halogens is 2. The second-order valence-corrected chi connectivity index (χ2v) is 9.56. The van der Waals surface area contributed by atoms with Crippen molar-refractivity contribution in [2.45, 2.75) is 36.6 Å². The highest BCUT2D eigenvalue weighted by Gasteiger charge is 2.29. The van der Waals surface area contributed by atoms with Crippen LogP contribution >= 0.6 is 23.2 Å². The van der Waals surface area contributed by atoms with Crippen molar-refractivity contribution < 1.29 is 13.2 Å². The molecule has 1 aromatic rings. The summed E-state index contributed by atoms with van der Waals surface area (Å²) in [6.45, 7) is 2.06. The standard InChI is InChI=1S/C17H23Cl2N3O3S/c18-15-6-5-14(11-16(15)19)26(24,25)22-9-7-21(8-10-22)12-17(23)20-13-3-1-2-4-13/h5-6,11,13H,1-4,7-10,12H2,(H,20,23). The summed E-state index contributed by atoms with van der Waals surface area (Å²) in [4.78, 5) is 14.3. The zero-order valence-corrected chi connectivity index (χ0v) is 16.8. The van der Waals surface area contributed by atoms with Gasteiger partial charge in [-0.15, -0.1) is 0 Å². The monoisotopic (exact) mass is 419 g/mol. The lowest BCUT2D eigenvalue weighted by molar-refractivity contribution is -0.123. The van der Waals surface area contributed by atoms with Crippen LogP contribution in [0.1, 0.15) is 25.7 Å². The summed E-state index contributed by atoms with van der Waals surface area (Å²) >= 11 is 11.8. The van der Waals surface area contributed by atoms with Crippen LogP contribution in [0.4, 0.5) is 0 Å². The van der Waals surface area contributed by atoms with Gasteiger partial charge in [-0.05, 0) is 31.0 Å². The third kappa shape index (κ3) is 4.70. The first-order chi connectivity index (χ1) is 12.4. The molecule has 0 bridgehead atoms. The van der Waals surface area contributed by atoms with E-state index in [-0.39, 0.29) is 15.8 Å². The molecule has 26 heavy (non-hydrogen) atoms. The number of piperazine rings is 1. The minimum Gasteiger partial charge on any atom is -0.352 e. The summed E-state index contributed by atoms with van der Waals surface area (Å²) in [7, 11) is -3.61. The molecule has 9 heteroatoms. The minimum absolute atomic E-state index is 0.0256. The van der Waals surface area contributed by atoms with Crippen molar-refractivity contribution in [3.05, 3.63) is 28.2 Å². The Hall–Kier alpha value is -0.860. The highest BCUT2D eigenvalue weighted by atomic mass is 35.5. The highest BCUT2D eigenvalue weighted by Crippen LogP contribution is 2.27. The first-order valence-corrected chi connectivity index (χ1v) is 11.0. The lowest BCUT2D eigenvalue weighted by atomic mass is 10.2. The molecular formula is C17H23Cl2N3O3S. The predicted molar refractivity (Wildman–Crippen MR) is 102 cm³/mol. The fraction of sp³-hybridized carbons (Fsp3) is 0.588. The van der Waals surface area contributed by atoms with Gasteiger partial charge in [-0.25, -0.2) is 8.42 Å². The van der Waals surface area contributed by atoms with Crippen LogP contribution in [-0.2, 0) is 14.8 Å². The molecule has 0 atom stereocenters. The Bertz CT molecular complexity index is 759. The summed E-state index contributed by atoms with van der Waals surface area (Å²) in [6.07, 6.45) is 4.47. The number of sulfonamides is 1. The van der Waals surface area contributed by atoms with E-state index in [2.05, 4.69) is 5.32 Å². The molecule has 0 radical (unpaired) electrons. The molecule has 0 spiro atoms. The van der Waals surface area contributed by atoms with E-state index in [4.69, 9.17) is 23.2 Å². The van der Waals surface area contributed by atoms with Crippen LogP contribution in [0.3, 0.4) is 0 Å². The number of benzene rings is 1. The van der Waals surface area contributed by atoms with Crippen LogP contribution in [0.25, 0.3) is 0 Å². The van der Waals surface area contributed by atoms with Crippen molar-refractivity contribution in [1.82, 2.24) is 14.5 Å². The molecule has 6 nitrogen and oxygen atoms in total. The number of nitrogens with zero attached hydrogens (tertiary/aromatic N) is 2. The Morgan fingerprint density at radius 3 is 2.35 bits per heavy atom. The van der Waals surface area contributed by atoms with Crippen LogP contribution in [-0.4, -0.2) is 62.3 Å². The fourth-order valence-electron chi connectivity index (χ4n) is 3.46. The normalized spacial score (nSPS) is 20.4. The van der Waals surface area contributed by atoms with Crippen LogP contribution in [0.15, 0.2) is 23.1 Å². The highest BCUT2D eigenvalue weighted by molar-refractivity contribution is 7.89. The second-order valence-electron chi connectivity index (χ2n) is 6.81. The molecule has 1 amide bonds. The van der Waals surface area contributed by atoms with Gasteiger partial charge < -0.3 is 5.32 Å². The maximum absolute atomic E-state index is 12.7. The number of carbonyl (C=O) groups excluding carboxylic acids is 1. The third-order valence-electron chi connectivity index (χ3n) is 4.95.